The number of halogens is 1. The van der Waals surface area contributed by atoms with Gasteiger partial charge in [-0.25, -0.2) is 14.2 Å². The molecule has 0 aliphatic heterocycles. The number of rotatable bonds is 12. The van der Waals surface area contributed by atoms with Crippen molar-refractivity contribution in [1.29, 1.82) is 0 Å². The van der Waals surface area contributed by atoms with Crippen LogP contribution in [0.3, 0.4) is 0 Å². The molecule has 0 aromatic carbocycles. The summed E-state index contributed by atoms with van der Waals surface area (Å²) in [7, 11) is 4.41. The largest absolute Gasteiger partial charge is 0.453 e. The van der Waals surface area contributed by atoms with E-state index in [4.69, 9.17) is 0 Å². The van der Waals surface area contributed by atoms with Crippen molar-refractivity contribution in [3.63, 3.8) is 0 Å². The summed E-state index contributed by atoms with van der Waals surface area (Å²) in [5.74, 6) is -0.744. The van der Waals surface area contributed by atoms with E-state index < -0.39 is 29.4 Å². The highest BCUT2D eigenvalue weighted by atomic mass is 19.1. The molecule has 1 atom stereocenters. The topological polar surface area (TPSA) is 151 Å². The molecule has 3 aromatic rings. The second-order valence-electron chi connectivity index (χ2n) is 10.4. The van der Waals surface area contributed by atoms with Gasteiger partial charge in [-0.15, -0.1) is 0 Å². The highest BCUT2D eigenvalue weighted by Gasteiger charge is 2.23. The van der Waals surface area contributed by atoms with Crippen LogP contribution in [0, 0.1) is 11.7 Å². The molecule has 3 amide bonds. The third kappa shape index (κ3) is 8.02. The third-order valence-corrected chi connectivity index (χ3v) is 6.51. The molecule has 0 radical (unpaired) electrons. The van der Waals surface area contributed by atoms with E-state index in [1.54, 1.807) is 26.2 Å². The van der Waals surface area contributed by atoms with Gasteiger partial charge in [0.15, 0.2) is 5.82 Å². The maximum atomic E-state index is 14.5. The Kier molecular flexibility index (Phi) is 10.9. The molecule has 0 aliphatic rings. The van der Waals surface area contributed by atoms with Gasteiger partial charge in [0.05, 0.1) is 31.1 Å². The number of aromatic amines is 1. The van der Waals surface area contributed by atoms with E-state index >= 15 is 0 Å². The lowest BCUT2D eigenvalue weighted by molar-refractivity contribution is -0.123. The maximum absolute atomic E-state index is 14.5. The number of carbonyl (C=O) groups excluding carboxylic acids is 3. The molecule has 13 heteroatoms. The summed E-state index contributed by atoms with van der Waals surface area (Å²) >= 11 is 0. The number of fused-ring (bicyclic) bond motifs is 1. The number of likely N-dealkylation sites (N-methyl/N-ethyl adjacent to an activating group) is 1. The number of carbonyl (C=O) groups is 3. The summed E-state index contributed by atoms with van der Waals surface area (Å²) in [5, 5.41) is 5.07. The molecular weight excluding hydrogens is 545 g/mol. The quantitative estimate of drug-likeness (QED) is 0.277. The Labute approximate surface area is 243 Å². The number of nitrogens with zero attached hydrogens (tertiary/aromatic N) is 4. The Hall–Kier alpha value is -4.55. The first-order valence-corrected chi connectivity index (χ1v) is 13.7. The number of nitrogens with one attached hydrogen (secondary N) is 3. The van der Waals surface area contributed by atoms with Crippen molar-refractivity contribution < 1.29 is 23.5 Å². The molecule has 0 spiro atoms. The lowest BCUT2D eigenvalue weighted by Crippen LogP contribution is -2.44. The van der Waals surface area contributed by atoms with Crippen molar-refractivity contribution in [2.45, 2.75) is 59.0 Å². The van der Waals surface area contributed by atoms with Crippen molar-refractivity contribution in [2.24, 2.45) is 5.92 Å². The molecule has 0 fully saturated rings. The van der Waals surface area contributed by atoms with Gasteiger partial charge in [-0.3, -0.25) is 19.4 Å². The summed E-state index contributed by atoms with van der Waals surface area (Å²) in [6.07, 6.45) is 4.91. The first-order chi connectivity index (χ1) is 19.9. The average molecular weight is 584 g/mol. The summed E-state index contributed by atoms with van der Waals surface area (Å²) in [5.41, 5.74) is 1.53. The number of alkyl carbamates (subject to hydrolysis) is 1. The molecule has 3 heterocycles. The van der Waals surface area contributed by atoms with Gasteiger partial charge in [0, 0.05) is 19.8 Å². The maximum Gasteiger partial charge on any atom is 0.407 e. The van der Waals surface area contributed by atoms with Crippen LogP contribution >= 0.6 is 0 Å². The number of hydrogen-bond acceptors (Lipinski definition) is 7. The number of ether oxygens (including phenoxy) is 1. The SMILES string of the molecule is CCc1ccc(NC(=O)[C@H](CC/C=C/C(=O)N(C)C)NC(=O)OC)c(=O)n1Cc1nc2c(F)cnc(CC(C)C)c2[nH]1. The minimum atomic E-state index is -1.04. The number of hydrogen-bond donors (Lipinski definition) is 3. The first-order valence-electron chi connectivity index (χ1n) is 13.7. The molecular formula is C29H38FN7O5. The molecule has 0 saturated carbocycles. The number of anilines is 1. The first kappa shape index (κ1) is 32.0. The predicted octanol–water partition coefficient (Wildman–Crippen LogP) is 3.16. The van der Waals surface area contributed by atoms with Gasteiger partial charge in [-0.05, 0) is 49.8 Å². The summed E-state index contributed by atoms with van der Waals surface area (Å²) in [6, 6.07) is 2.17. The van der Waals surface area contributed by atoms with Gasteiger partial charge in [-0.2, -0.15) is 0 Å². The zero-order valence-electron chi connectivity index (χ0n) is 24.8. The predicted molar refractivity (Wildman–Crippen MR) is 157 cm³/mol. The second-order valence-corrected chi connectivity index (χ2v) is 10.4. The Balaban J connectivity index is 1.87. The number of H-pyrrole nitrogens is 1. The van der Waals surface area contributed by atoms with Crippen LogP contribution < -0.4 is 16.2 Å². The van der Waals surface area contributed by atoms with E-state index in [-0.39, 0.29) is 30.1 Å². The number of imidazole rings is 1. The fraction of sp³-hybridized carbons (Fsp3) is 0.448. The molecule has 226 valence electrons. The van der Waals surface area contributed by atoms with E-state index in [0.29, 0.717) is 47.9 Å². The highest BCUT2D eigenvalue weighted by molar-refractivity contribution is 5.96. The molecule has 42 heavy (non-hydrogen) atoms. The van der Waals surface area contributed by atoms with E-state index in [2.05, 4.69) is 30.3 Å². The molecule has 0 unspecified atom stereocenters. The molecule has 3 aromatic heterocycles. The van der Waals surface area contributed by atoms with Gasteiger partial charge >= 0.3 is 6.09 Å². The van der Waals surface area contributed by atoms with Crippen molar-refractivity contribution in [3.8, 4) is 0 Å². The summed E-state index contributed by atoms with van der Waals surface area (Å²) in [4.78, 5) is 63.5. The molecule has 3 rings (SSSR count). The number of aryl methyl sites for hydroxylation is 1. The minimum absolute atomic E-state index is 0.00310. The van der Waals surface area contributed by atoms with Crippen LogP contribution in [0.4, 0.5) is 14.9 Å². The molecule has 0 saturated heterocycles. The van der Waals surface area contributed by atoms with Crippen LogP contribution in [-0.4, -0.2) is 69.6 Å². The molecule has 0 aliphatic carbocycles. The van der Waals surface area contributed by atoms with Crippen LogP contribution in [0.5, 0.6) is 0 Å². The fourth-order valence-corrected chi connectivity index (χ4v) is 4.31. The molecule has 3 N–H and O–H groups in total. The van der Waals surface area contributed by atoms with E-state index in [0.717, 1.165) is 6.20 Å². The lowest BCUT2D eigenvalue weighted by Gasteiger charge is -2.18. The fourth-order valence-electron chi connectivity index (χ4n) is 4.31. The van der Waals surface area contributed by atoms with Crippen molar-refractivity contribution in [2.75, 3.05) is 26.5 Å². The van der Waals surface area contributed by atoms with Gasteiger partial charge < -0.3 is 29.8 Å². The van der Waals surface area contributed by atoms with E-state index in [1.165, 1.54) is 28.7 Å². The Morgan fingerprint density at radius 2 is 1.98 bits per heavy atom. The Bertz CT molecular complexity index is 1530. The number of pyridine rings is 2. The molecule has 12 nitrogen and oxygen atoms in total. The second kappa shape index (κ2) is 14.4. The van der Waals surface area contributed by atoms with E-state index in [1.807, 2.05) is 20.8 Å². The number of methoxy groups -OCH3 is 1. The minimum Gasteiger partial charge on any atom is -0.453 e. The zero-order chi connectivity index (χ0) is 31.0. The van der Waals surface area contributed by atoms with Gasteiger partial charge in [0.2, 0.25) is 11.8 Å². The summed E-state index contributed by atoms with van der Waals surface area (Å²) in [6.45, 7) is 5.97. The normalized spacial score (nSPS) is 12.1. The third-order valence-electron chi connectivity index (χ3n) is 6.51. The zero-order valence-corrected chi connectivity index (χ0v) is 24.8. The average Bonchev–Trinajstić information content (AvgIpc) is 3.38. The number of aromatic nitrogens is 4. The van der Waals surface area contributed by atoms with Crippen LogP contribution in [-0.2, 0) is 33.7 Å². The van der Waals surface area contributed by atoms with Gasteiger partial charge in [-0.1, -0.05) is 26.8 Å². The van der Waals surface area contributed by atoms with Crippen LogP contribution in [0.1, 0.15) is 50.8 Å². The highest BCUT2D eigenvalue weighted by Crippen LogP contribution is 2.21. The number of amides is 3. The summed E-state index contributed by atoms with van der Waals surface area (Å²) < 4.78 is 20.6. The van der Waals surface area contributed by atoms with Crippen molar-refractivity contribution >= 4 is 34.6 Å². The van der Waals surface area contributed by atoms with Crippen LogP contribution in [0.2, 0.25) is 0 Å². The van der Waals surface area contributed by atoms with Gasteiger partial charge in [0.25, 0.3) is 5.56 Å². The monoisotopic (exact) mass is 583 g/mol. The van der Waals surface area contributed by atoms with E-state index in [9.17, 15) is 23.6 Å². The smallest absolute Gasteiger partial charge is 0.407 e. The molecule has 0 bridgehead atoms. The van der Waals surface area contributed by atoms with Gasteiger partial charge in [0.1, 0.15) is 23.1 Å². The Morgan fingerprint density at radius 3 is 2.62 bits per heavy atom. The van der Waals surface area contributed by atoms with Crippen molar-refractivity contribution in [3.05, 3.63) is 63.9 Å². The number of allylic oxidation sites excluding steroid dienone is 1. The lowest BCUT2D eigenvalue weighted by atomic mass is 10.1. The van der Waals surface area contributed by atoms with Crippen LogP contribution in [0.15, 0.2) is 35.3 Å². The Morgan fingerprint density at radius 1 is 1.24 bits per heavy atom. The van der Waals surface area contributed by atoms with Crippen molar-refractivity contribution in [1.82, 2.24) is 29.7 Å². The van der Waals surface area contributed by atoms with Crippen LogP contribution in [0.25, 0.3) is 11.0 Å². The standard InChI is InChI=1S/C29H38FN7O5/c1-7-18-12-13-21(32-27(39)20(33-29(41)42-6)10-8-9-11-24(38)36(4)5)28(40)37(18)16-23-34-25-19(30)15-31-22(14-17(2)3)26(25)35-23/h9,11-13,15,17,20H,7-8,10,14,16H2,1-6H3,(H,32,39)(H,33,41)(H,34,35)/b11-9+/t20-/m0/s1.